The first kappa shape index (κ1) is 20.9. The van der Waals surface area contributed by atoms with Gasteiger partial charge in [0.1, 0.15) is 5.75 Å². The van der Waals surface area contributed by atoms with Crippen LogP contribution in [0, 0.1) is 0 Å². The molecule has 0 aliphatic heterocycles. The number of aromatic carboxylic acids is 1. The average Bonchev–Trinajstić information content (AvgIpc) is 2.63. The number of ether oxygens (including phenoxy) is 1. The van der Waals surface area contributed by atoms with Gasteiger partial charge in [-0.2, -0.15) is 0 Å². The Hall–Kier alpha value is -2.45. The average molecular weight is 451 g/mol. The van der Waals surface area contributed by atoms with Crippen molar-refractivity contribution >= 4 is 50.8 Å². The smallest absolute Gasteiger partial charge is 0.337 e. The molecule has 0 radical (unpaired) electrons. The van der Waals surface area contributed by atoms with Gasteiger partial charge < -0.3 is 15.2 Å². The molecular formula is C19H19BrN2O4S. The van der Waals surface area contributed by atoms with Gasteiger partial charge in [-0.3, -0.25) is 10.1 Å². The highest BCUT2D eigenvalue weighted by Crippen LogP contribution is 2.21. The molecule has 8 heteroatoms. The third-order valence-electron chi connectivity index (χ3n) is 3.72. The van der Waals surface area contributed by atoms with Gasteiger partial charge in [-0.25, -0.2) is 4.79 Å². The highest BCUT2D eigenvalue weighted by atomic mass is 79.9. The minimum Gasteiger partial charge on any atom is -0.491 e. The second-order valence-corrected chi connectivity index (χ2v) is 7.09. The molecule has 0 fully saturated rings. The van der Waals surface area contributed by atoms with Crippen LogP contribution in [-0.2, 0) is 0 Å². The van der Waals surface area contributed by atoms with Gasteiger partial charge in [-0.05, 0) is 68.0 Å². The van der Waals surface area contributed by atoms with Crippen molar-refractivity contribution in [2.24, 2.45) is 0 Å². The lowest BCUT2D eigenvalue weighted by Crippen LogP contribution is -2.34. The van der Waals surface area contributed by atoms with Crippen molar-refractivity contribution in [3.8, 4) is 5.75 Å². The molecule has 0 saturated carbocycles. The molecule has 142 valence electrons. The van der Waals surface area contributed by atoms with Gasteiger partial charge in [-0.1, -0.05) is 22.9 Å². The fraction of sp³-hybridized carbons (Fsp3) is 0.211. The summed E-state index contributed by atoms with van der Waals surface area (Å²) in [5.41, 5.74) is 0.728. The number of amides is 1. The second-order valence-electron chi connectivity index (χ2n) is 5.76. The van der Waals surface area contributed by atoms with Crippen molar-refractivity contribution in [1.29, 1.82) is 0 Å². The number of hydrogen-bond donors (Lipinski definition) is 3. The molecule has 0 heterocycles. The maximum Gasteiger partial charge on any atom is 0.337 e. The highest BCUT2D eigenvalue weighted by Gasteiger charge is 2.14. The first-order valence-electron chi connectivity index (χ1n) is 8.22. The largest absolute Gasteiger partial charge is 0.491 e. The highest BCUT2D eigenvalue weighted by molar-refractivity contribution is 9.10. The summed E-state index contributed by atoms with van der Waals surface area (Å²) in [6.45, 7) is 4.00. The quantitative estimate of drug-likeness (QED) is 0.563. The Balaban J connectivity index is 2.02. The Labute approximate surface area is 171 Å². The van der Waals surface area contributed by atoms with Crippen LogP contribution in [-0.4, -0.2) is 28.2 Å². The first-order chi connectivity index (χ1) is 12.8. The third-order valence-corrected chi connectivity index (χ3v) is 4.41. The molecule has 6 nitrogen and oxygen atoms in total. The van der Waals surface area contributed by atoms with E-state index in [1.54, 1.807) is 36.4 Å². The topological polar surface area (TPSA) is 87.7 Å². The maximum atomic E-state index is 12.3. The van der Waals surface area contributed by atoms with Gasteiger partial charge in [0.2, 0.25) is 0 Å². The summed E-state index contributed by atoms with van der Waals surface area (Å²) < 4.78 is 6.30. The minimum atomic E-state index is -1.11. The van der Waals surface area contributed by atoms with Crippen LogP contribution in [0.5, 0.6) is 5.75 Å². The minimum absolute atomic E-state index is 0.00440. The number of rotatable bonds is 6. The Bertz CT molecular complexity index is 855. The summed E-state index contributed by atoms with van der Waals surface area (Å²) in [6.07, 6.45) is 0.979. The molecule has 0 saturated heterocycles. The fourth-order valence-electron chi connectivity index (χ4n) is 2.13. The SMILES string of the molecule is CCC(C)Oc1ccc(C(=O)NC(=S)Nc2ccc(Br)cc2C(=O)O)cc1. The molecule has 0 bridgehead atoms. The van der Waals surface area contributed by atoms with Crippen molar-refractivity contribution in [3.63, 3.8) is 0 Å². The normalized spacial score (nSPS) is 11.4. The van der Waals surface area contributed by atoms with Crippen LogP contribution in [0.25, 0.3) is 0 Å². The number of nitrogens with one attached hydrogen (secondary N) is 2. The Morgan fingerprint density at radius 2 is 1.89 bits per heavy atom. The van der Waals surface area contributed by atoms with Crippen molar-refractivity contribution in [3.05, 3.63) is 58.1 Å². The van der Waals surface area contributed by atoms with E-state index in [2.05, 4.69) is 26.6 Å². The monoisotopic (exact) mass is 450 g/mol. The number of carbonyl (C=O) groups excluding carboxylic acids is 1. The lowest BCUT2D eigenvalue weighted by Gasteiger charge is -2.14. The fourth-order valence-corrected chi connectivity index (χ4v) is 2.70. The van der Waals surface area contributed by atoms with Crippen LogP contribution in [0.1, 0.15) is 41.0 Å². The molecule has 2 aromatic rings. The van der Waals surface area contributed by atoms with E-state index >= 15 is 0 Å². The summed E-state index contributed by atoms with van der Waals surface area (Å²) in [5, 5.41) is 14.5. The Kier molecular flexibility index (Phi) is 7.32. The maximum absolute atomic E-state index is 12.3. The number of benzene rings is 2. The van der Waals surface area contributed by atoms with E-state index in [9.17, 15) is 14.7 Å². The molecule has 0 aromatic heterocycles. The van der Waals surface area contributed by atoms with Gasteiger partial charge in [0.15, 0.2) is 5.11 Å². The number of carbonyl (C=O) groups is 2. The zero-order chi connectivity index (χ0) is 20.0. The van der Waals surface area contributed by atoms with Crippen molar-refractivity contribution in [1.82, 2.24) is 5.32 Å². The van der Waals surface area contributed by atoms with Crippen LogP contribution in [0.15, 0.2) is 46.9 Å². The van der Waals surface area contributed by atoms with Gasteiger partial charge in [0.05, 0.1) is 17.4 Å². The summed E-state index contributed by atoms with van der Waals surface area (Å²) in [7, 11) is 0. The lowest BCUT2D eigenvalue weighted by atomic mass is 10.2. The van der Waals surface area contributed by atoms with E-state index in [1.165, 1.54) is 6.07 Å². The molecule has 0 aliphatic carbocycles. The Morgan fingerprint density at radius 1 is 1.22 bits per heavy atom. The first-order valence-corrected chi connectivity index (χ1v) is 9.42. The molecule has 2 rings (SSSR count). The summed E-state index contributed by atoms with van der Waals surface area (Å²) in [4.78, 5) is 23.6. The van der Waals surface area contributed by atoms with Crippen LogP contribution >= 0.6 is 28.1 Å². The molecule has 3 N–H and O–H groups in total. The molecule has 1 atom stereocenters. The molecule has 0 aliphatic rings. The number of anilines is 1. The third kappa shape index (κ3) is 6.04. The number of thiocarbonyl (C=S) groups is 1. The standard InChI is InChI=1S/C19H19BrN2O4S/c1-3-11(2)26-14-7-4-12(5-8-14)17(23)22-19(27)21-16-9-6-13(20)10-15(16)18(24)25/h4-11H,3H2,1-2H3,(H,24,25)(H2,21,22,23,27). The number of carboxylic acids is 1. The molecular weight excluding hydrogens is 432 g/mol. The van der Waals surface area contributed by atoms with Crippen LogP contribution in [0.3, 0.4) is 0 Å². The molecule has 1 amide bonds. The number of halogens is 1. The van der Waals surface area contributed by atoms with E-state index < -0.39 is 11.9 Å². The second kappa shape index (κ2) is 9.48. The van der Waals surface area contributed by atoms with E-state index in [-0.39, 0.29) is 22.5 Å². The van der Waals surface area contributed by atoms with Crippen molar-refractivity contribution in [2.75, 3.05) is 5.32 Å². The van der Waals surface area contributed by atoms with E-state index in [0.717, 1.165) is 6.42 Å². The molecule has 1 unspecified atom stereocenters. The Morgan fingerprint density at radius 3 is 2.48 bits per heavy atom. The number of hydrogen-bond acceptors (Lipinski definition) is 4. The van der Waals surface area contributed by atoms with Gasteiger partial charge in [0.25, 0.3) is 5.91 Å². The van der Waals surface area contributed by atoms with E-state index in [4.69, 9.17) is 17.0 Å². The summed E-state index contributed by atoms with van der Waals surface area (Å²) in [6, 6.07) is 11.4. The predicted octanol–water partition coefficient (Wildman–Crippen LogP) is 4.45. The van der Waals surface area contributed by atoms with Crippen molar-refractivity contribution in [2.45, 2.75) is 26.4 Å². The molecule has 0 spiro atoms. The van der Waals surface area contributed by atoms with Gasteiger partial charge >= 0.3 is 5.97 Å². The predicted molar refractivity (Wildman–Crippen MR) is 112 cm³/mol. The van der Waals surface area contributed by atoms with E-state index in [0.29, 0.717) is 15.8 Å². The molecule has 27 heavy (non-hydrogen) atoms. The molecule has 2 aromatic carbocycles. The van der Waals surface area contributed by atoms with Crippen LogP contribution in [0.4, 0.5) is 5.69 Å². The van der Waals surface area contributed by atoms with Crippen molar-refractivity contribution < 1.29 is 19.4 Å². The van der Waals surface area contributed by atoms with Gasteiger partial charge in [0, 0.05) is 10.0 Å². The lowest BCUT2D eigenvalue weighted by molar-refractivity contribution is 0.0697. The van der Waals surface area contributed by atoms with Crippen LogP contribution < -0.4 is 15.4 Å². The van der Waals surface area contributed by atoms with Crippen LogP contribution in [0.2, 0.25) is 0 Å². The van der Waals surface area contributed by atoms with E-state index in [1.807, 2.05) is 13.8 Å². The zero-order valence-electron chi connectivity index (χ0n) is 14.8. The number of carboxylic acid groups (broad SMARTS) is 1. The van der Waals surface area contributed by atoms with Gasteiger partial charge in [-0.15, -0.1) is 0 Å². The summed E-state index contributed by atoms with van der Waals surface area (Å²) in [5.74, 6) is -0.830. The zero-order valence-corrected chi connectivity index (χ0v) is 17.2. The summed E-state index contributed by atoms with van der Waals surface area (Å²) >= 11 is 8.34.